The number of carbonyl (C=O) groups excluding carboxylic acids is 1. The largest absolute Gasteiger partial charge is 0.394 e. The standard InChI is InChI=1S/C69H121NO18/c1-3-5-7-9-11-13-15-17-19-20-21-22-23-24-25-26-27-28-29-30-31-33-34-36-38-40-42-44-46-53(74)52(70-57(75)47-45-43-41-39-37-35-32-18-16-14-12-10-8-6-4-2)51-83-67-63(81)60(78)65(55(49-72)85-67)88-69-64(82)61(79)66(56(50-73)86-69)87-68-62(80)59(77)58(76)54(48-71)84-68/h6,8,12,14,18,30-32,36,38,44,46,52-56,58-69,71-74,76-82H,3-5,7,9-11,13,15-17,19-29,33-35,37,39-43,45,47-51H2,1-2H3,(H,70,75)/b8-6-,14-12-,31-30+,32-18-,38-36+,46-44+. The fourth-order valence-corrected chi connectivity index (χ4v) is 11.2. The van der Waals surface area contributed by atoms with E-state index >= 15 is 0 Å². The SMILES string of the molecule is CC/C=C\C/C=C\C/C=C\CCCCCCCC(=O)NC(COC1OC(CO)C(OC2OC(CO)C(OC3OC(CO)C(O)C(O)C3O)C(O)C2O)C(O)C1O)C(O)/C=C/CC/C=C/CC/C=C/CCCCCCCCCCCCCCCCCCCC. The molecule has 3 aliphatic rings. The molecule has 88 heavy (non-hydrogen) atoms. The van der Waals surface area contributed by atoms with E-state index in [1.807, 2.05) is 6.08 Å². The number of nitrogens with one attached hydrogen (secondary N) is 1. The molecule has 0 aromatic heterocycles. The van der Waals surface area contributed by atoms with Crippen LogP contribution in [0.15, 0.2) is 72.9 Å². The lowest BCUT2D eigenvalue weighted by Gasteiger charge is -2.48. The number of aliphatic hydroxyl groups is 11. The fourth-order valence-electron chi connectivity index (χ4n) is 11.2. The summed E-state index contributed by atoms with van der Waals surface area (Å²) in [7, 11) is 0. The van der Waals surface area contributed by atoms with Crippen LogP contribution >= 0.6 is 0 Å². The lowest BCUT2D eigenvalue weighted by Crippen LogP contribution is -2.66. The van der Waals surface area contributed by atoms with Gasteiger partial charge in [0.15, 0.2) is 18.9 Å². The van der Waals surface area contributed by atoms with Crippen LogP contribution < -0.4 is 5.32 Å². The number of carbonyl (C=O) groups is 1. The van der Waals surface area contributed by atoms with Crippen LogP contribution in [0.4, 0.5) is 0 Å². The molecule has 1 amide bonds. The topological polar surface area (TPSA) is 307 Å². The van der Waals surface area contributed by atoms with Crippen molar-refractivity contribution < 1.29 is 89.4 Å². The zero-order valence-electron chi connectivity index (χ0n) is 53.7. The van der Waals surface area contributed by atoms with Gasteiger partial charge in [-0.15, -0.1) is 0 Å². The van der Waals surface area contributed by atoms with Gasteiger partial charge in [0, 0.05) is 6.42 Å². The lowest BCUT2D eigenvalue weighted by atomic mass is 9.96. The van der Waals surface area contributed by atoms with Gasteiger partial charge < -0.3 is 89.9 Å². The Hall–Kier alpha value is -2.77. The van der Waals surface area contributed by atoms with E-state index < -0.39 is 124 Å². The van der Waals surface area contributed by atoms with Crippen LogP contribution in [-0.4, -0.2) is 193 Å². The van der Waals surface area contributed by atoms with Crippen molar-refractivity contribution in [3.63, 3.8) is 0 Å². The summed E-state index contributed by atoms with van der Waals surface area (Å²) in [5.41, 5.74) is 0. The van der Waals surface area contributed by atoms with E-state index in [-0.39, 0.29) is 18.9 Å². The molecular formula is C69H121NO18. The molecular weight excluding hydrogens is 1130 g/mol. The maximum atomic E-state index is 13.3. The normalized spacial score (nSPS) is 28.9. The van der Waals surface area contributed by atoms with Crippen LogP contribution in [-0.2, 0) is 33.2 Å². The van der Waals surface area contributed by atoms with Crippen LogP contribution in [0.25, 0.3) is 0 Å². The average Bonchev–Trinajstić information content (AvgIpc) is 3.59. The third kappa shape index (κ3) is 32.7. The van der Waals surface area contributed by atoms with Gasteiger partial charge in [0.1, 0.15) is 73.2 Å². The number of amides is 1. The Kier molecular flexibility index (Phi) is 45.8. The molecule has 17 unspecified atom stereocenters. The zero-order valence-corrected chi connectivity index (χ0v) is 53.7. The van der Waals surface area contributed by atoms with E-state index in [0.29, 0.717) is 12.8 Å². The van der Waals surface area contributed by atoms with Crippen LogP contribution in [0.1, 0.15) is 226 Å². The quantitative estimate of drug-likeness (QED) is 0.0200. The molecule has 17 atom stereocenters. The predicted octanol–water partition coefficient (Wildman–Crippen LogP) is 8.55. The van der Waals surface area contributed by atoms with E-state index in [1.54, 1.807) is 6.08 Å². The van der Waals surface area contributed by atoms with Gasteiger partial charge in [-0.2, -0.15) is 0 Å². The van der Waals surface area contributed by atoms with Gasteiger partial charge >= 0.3 is 0 Å². The number of hydrogen-bond donors (Lipinski definition) is 12. The highest BCUT2D eigenvalue weighted by Gasteiger charge is 2.53. The molecule has 0 bridgehead atoms. The maximum Gasteiger partial charge on any atom is 0.220 e. The number of rotatable bonds is 51. The van der Waals surface area contributed by atoms with Gasteiger partial charge in [-0.1, -0.05) is 215 Å². The molecule has 3 heterocycles. The van der Waals surface area contributed by atoms with E-state index in [9.17, 15) is 61.0 Å². The van der Waals surface area contributed by atoms with Gasteiger partial charge in [-0.25, -0.2) is 0 Å². The molecule has 3 saturated heterocycles. The van der Waals surface area contributed by atoms with Gasteiger partial charge in [-0.3, -0.25) is 4.79 Å². The summed E-state index contributed by atoms with van der Waals surface area (Å²) in [6.07, 6.45) is 36.1. The van der Waals surface area contributed by atoms with Crippen molar-refractivity contribution in [2.75, 3.05) is 26.4 Å². The fraction of sp³-hybridized carbons (Fsp3) is 0.812. The maximum absolute atomic E-state index is 13.3. The van der Waals surface area contributed by atoms with Crippen molar-refractivity contribution >= 4 is 5.91 Å². The first-order chi connectivity index (χ1) is 42.8. The highest BCUT2D eigenvalue weighted by Crippen LogP contribution is 2.33. The van der Waals surface area contributed by atoms with Crippen LogP contribution in [0.2, 0.25) is 0 Å². The highest BCUT2D eigenvalue weighted by molar-refractivity contribution is 5.76. The first kappa shape index (κ1) is 79.5. The number of unbranched alkanes of at least 4 members (excludes halogenated alkanes) is 25. The van der Waals surface area contributed by atoms with Crippen molar-refractivity contribution in [1.29, 1.82) is 0 Å². The average molecular weight is 1250 g/mol. The minimum atomic E-state index is -1.99. The molecule has 510 valence electrons. The molecule has 3 fully saturated rings. The number of hydrogen-bond acceptors (Lipinski definition) is 18. The number of ether oxygens (including phenoxy) is 6. The van der Waals surface area contributed by atoms with Crippen molar-refractivity contribution in [1.82, 2.24) is 5.32 Å². The van der Waals surface area contributed by atoms with E-state index in [1.165, 1.54) is 116 Å². The number of aliphatic hydroxyl groups excluding tert-OH is 11. The Morgan fingerprint density at radius 2 is 0.795 bits per heavy atom. The minimum absolute atomic E-state index is 0.209. The summed E-state index contributed by atoms with van der Waals surface area (Å²) in [6.45, 7) is 1.57. The minimum Gasteiger partial charge on any atom is -0.394 e. The van der Waals surface area contributed by atoms with Crippen molar-refractivity contribution in [2.45, 2.75) is 330 Å². The van der Waals surface area contributed by atoms with E-state index in [0.717, 1.165) is 77.0 Å². The molecule has 12 N–H and O–H groups in total. The summed E-state index contributed by atoms with van der Waals surface area (Å²) >= 11 is 0. The molecule has 0 saturated carbocycles. The predicted molar refractivity (Wildman–Crippen MR) is 341 cm³/mol. The Morgan fingerprint density at radius 3 is 1.27 bits per heavy atom. The molecule has 3 rings (SSSR count). The molecule has 0 radical (unpaired) electrons. The third-order valence-corrected chi connectivity index (χ3v) is 16.7. The van der Waals surface area contributed by atoms with Gasteiger partial charge in [-0.05, 0) is 77.0 Å². The molecule has 0 spiro atoms. The smallest absolute Gasteiger partial charge is 0.220 e. The summed E-state index contributed by atoms with van der Waals surface area (Å²) < 4.78 is 34.3. The van der Waals surface area contributed by atoms with Gasteiger partial charge in [0.05, 0.1) is 38.6 Å². The highest BCUT2D eigenvalue weighted by atomic mass is 16.8. The summed E-state index contributed by atoms with van der Waals surface area (Å²) in [5, 5.41) is 120. The molecule has 0 aromatic rings. The summed E-state index contributed by atoms with van der Waals surface area (Å²) in [6, 6.07) is -1.01. The Bertz CT molecular complexity index is 1880. The summed E-state index contributed by atoms with van der Waals surface area (Å²) in [4.78, 5) is 13.3. The first-order valence-electron chi connectivity index (χ1n) is 34.2. The Labute approximate surface area is 528 Å². The molecule has 0 aromatic carbocycles. The zero-order chi connectivity index (χ0) is 64.0. The lowest BCUT2D eigenvalue weighted by molar-refractivity contribution is -0.379. The molecule has 19 heteroatoms. The van der Waals surface area contributed by atoms with Crippen LogP contribution in [0, 0.1) is 0 Å². The molecule has 19 nitrogen and oxygen atoms in total. The van der Waals surface area contributed by atoms with Gasteiger partial charge in [0.25, 0.3) is 0 Å². The van der Waals surface area contributed by atoms with Crippen molar-refractivity contribution in [2.24, 2.45) is 0 Å². The molecule has 0 aliphatic carbocycles. The van der Waals surface area contributed by atoms with E-state index in [4.69, 9.17) is 28.4 Å². The second kappa shape index (κ2) is 50.7. The number of allylic oxidation sites excluding steroid dienone is 11. The van der Waals surface area contributed by atoms with Crippen LogP contribution in [0.3, 0.4) is 0 Å². The van der Waals surface area contributed by atoms with Gasteiger partial charge in [0.2, 0.25) is 5.91 Å². The van der Waals surface area contributed by atoms with Crippen molar-refractivity contribution in [3.8, 4) is 0 Å². The van der Waals surface area contributed by atoms with Crippen molar-refractivity contribution in [3.05, 3.63) is 72.9 Å². The van der Waals surface area contributed by atoms with E-state index in [2.05, 4.69) is 79.9 Å². The second-order valence-electron chi connectivity index (χ2n) is 24.2. The Morgan fingerprint density at radius 1 is 0.420 bits per heavy atom. The Balaban J connectivity index is 1.45. The molecule has 3 aliphatic heterocycles. The summed E-state index contributed by atoms with van der Waals surface area (Å²) in [5.74, 6) is -0.309. The second-order valence-corrected chi connectivity index (χ2v) is 24.2. The van der Waals surface area contributed by atoms with Crippen LogP contribution in [0.5, 0.6) is 0 Å². The third-order valence-electron chi connectivity index (χ3n) is 16.7. The monoisotopic (exact) mass is 1250 g/mol. The first-order valence-corrected chi connectivity index (χ1v) is 34.2.